The third-order valence-electron chi connectivity index (χ3n) is 2.86. The number of thiophene rings is 1. The molecule has 1 unspecified atom stereocenters. The van der Waals surface area contributed by atoms with Gasteiger partial charge in [0, 0.05) is 4.88 Å². The quantitative estimate of drug-likeness (QED) is 0.849. The van der Waals surface area contributed by atoms with Crippen molar-refractivity contribution in [3.8, 4) is 0 Å². The van der Waals surface area contributed by atoms with Crippen molar-refractivity contribution in [1.82, 2.24) is 4.72 Å². The van der Waals surface area contributed by atoms with Crippen LogP contribution in [0.5, 0.6) is 0 Å². The predicted octanol–water partition coefficient (Wildman–Crippen LogP) is 2.71. The van der Waals surface area contributed by atoms with E-state index in [-0.39, 0.29) is 5.92 Å². The Balaban J connectivity index is 2.28. The van der Waals surface area contributed by atoms with Gasteiger partial charge < -0.3 is 9.52 Å². The first-order chi connectivity index (χ1) is 9.81. The first-order valence-electron chi connectivity index (χ1n) is 6.20. The number of aromatic carboxylic acids is 1. The highest BCUT2D eigenvalue weighted by Gasteiger charge is 2.27. The highest BCUT2D eigenvalue weighted by atomic mass is 32.2. The van der Waals surface area contributed by atoms with E-state index < -0.39 is 32.9 Å². The van der Waals surface area contributed by atoms with Crippen LogP contribution in [0, 0.1) is 5.92 Å². The number of furan rings is 1. The Labute approximate surface area is 126 Å². The average molecular weight is 329 g/mol. The Kier molecular flexibility index (Phi) is 4.50. The summed E-state index contributed by atoms with van der Waals surface area (Å²) < 4.78 is 32.0. The second kappa shape index (κ2) is 6.00. The minimum absolute atomic E-state index is 0.0346. The average Bonchev–Trinajstić information content (AvgIpc) is 3.06. The van der Waals surface area contributed by atoms with E-state index in [0.717, 1.165) is 17.0 Å². The van der Waals surface area contributed by atoms with Gasteiger partial charge in [-0.25, -0.2) is 13.2 Å². The number of rotatable bonds is 6. The molecule has 2 N–H and O–H groups in total. The molecule has 0 saturated carbocycles. The van der Waals surface area contributed by atoms with Crippen LogP contribution < -0.4 is 4.72 Å². The van der Waals surface area contributed by atoms with Crippen LogP contribution in [-0.4, -0.2) is 19.5 Å². The SMILES string of the molecule is CC(C)C(NS(=O)(=O)c1ccc(C(=O)O)o1)c1cccs1. The normalized spacial score (nSPS) is 13.5. The highest BCUT2D eigenvalue weighted by Crippen LogP contribution is 2.28. The molecule has 0 bridgehead atoms. The second-order valence-corrected chi connectivity index (χ2v) is 7.41. The number of carboxylic acids is 1. The van der Waals surface area contributed by atoms with Crippen molar-refractivity contribution in [3.05, 3.63) is 40.3 Å². The largest absolute Gasteiger partial charge is 0.475 e. The van der Waals surface area contributed by atoms with Gasteiger partial charge in [0.15, 0.2) is 0 Å². The Morgan fingerprint density at radius 3 is 2.52 bits per heavy atom. The van der Waals surface area contributed by atoms with Crippen LogP contribution in [0.1, 0.15) is 35.3 Å². The number of nitrogens with one attached hydrogen (secondary N) is 1. The highest BCUT2D eigenvalue weighted by molar-refractivity contribution is 7.89. The number of carbonyl (C=O) groups is 1. The molecule has 0 fully saturated rings. The van der Waals surface area contributed by atoms with Crippen molar-refractivity contribution < 1.29 is 22.7 Å². The minimum Gasteiger partial charge on any atom is -0.475 e. The molecule has 114 valence electrons. The summed E-state index contributed by atoms with van der Waals surface area (Å²) in [5.74, 6) is -1.69. The monoisotopic (exact) mass is 329 g/mol. The molecule has 8 heteroatoms. The minimum atomic E-state index is -3.92. The van der Waals surface area contributed by atoms with Crippen LogP contribution in [0.15, 0.2) is 39.2 Å². The summed E-state index contributed by atoms with van der Waals surface area (Å²) in [4.78, 5) is 11.6. The van der Waals surface area contributed by atoms with Gasteiger partial charge in [-0.1, -0.05) is 19.9 Å². The van der Waals surface area contributed by atoms with Crippen molar-refractivity contribution in [2.24, 2.45) is 5.92 Å². The van der Waals surface area contributed by atoms with Gasteiger partial charge in [0.1, 0.15) is 0 Å². The second-order valence-electron chi connectivity index (χ2n) is 4.78. The summed E-state index contributed by atoms with van der Waals surface area (Å²) in [7, 11) is -3.92. The molecule has 21 heavy (non-hydrogen) atoms. The van der Waals surface area contributed by atoms with Gasteiger partial charge in [-0.3, -0.25) is 0 Å². The summed E-state index contributed by atoms with van der Waals surface area (Å²) in [6.45, 7) is 3.80. The molecule has 0 aliphatic rings. The molecule has 2 aromatic heterocycles. The summed E-state index contributed by atoms with van der Waals surface area (Å²) >= 11 is 1.45. The number of carboxylic acid groups (broad SMARTS) is 1. The van der Waals surface area contributed by atoms with E-state index in [0.29, 0.717) is 0 Å². The fraction of sp³-hybridized carbons (Fsp3) is 0.308. The fourth-order valence-electron chi connectivity index (χ4n) is 1.80. The lowest BCUT2D eigenvalue weighted by Crippen LogP contribution is -2.31. The van der Waals surface area contributed by atoms with Gasteiger partial charge in [-0.15, -0.1) is 11.3 Å². The zero-order valence-corrected chi connectivity index (χ0v) is 13.1. The smallest absolute Gasteiger partial charge is 0.371 e. The molecule has 2 heterocycles. The molecule has 0 aliphatic heterocycles. The van der Waals surface area contributed by atoms with E-state index in [1.54, 1.807) is 0 Å². The van der Waals surface area contributed by atoms with Crippen LogP contribution in [0.3, 0.4) is 0 Å². The van der Waals surface area contributed by atoms with Gasteiger partial charge in [0.25, 0.3) is 10.0 Å². The molecule has 0 saturated heterocycles. The van der Waals surface area contributed by atoms with Crippen molar-refractivity contribution in [2.75, 3.05) is 0 Å². The lowest BCUT2D eigenvalue weighted by atomic mass is 10.0. The maximum Gasteiger partial charge on any atom is 0.371 e. The molecule has 0 amide bonds. The lowest BCUT2D eigenvalue weighted by Gasteiger charge is -2.20. The summed E-state index contributed by atoms with van der Waals surface area (Å²) in [6.07, 6.45) is 0. The molecular formula is C13H15NO5S2. The summed E-state index contributed by atoms with van der Waals surface area (Å²) in [6, 6.07) is 5.56. The van der Waals surface area contributed by atoms with Gasteiger partial charge in [-0.05, 0) is 29.5 Å². The molecule has 1 atom stereocenters. The van der Waals surface area contributed by atoms with Crippen LogP contribution in [0.2, 0.25) is 0 Å². The molecule has 0 radical (unpaired) electrons. The van der Waals surface area contributed by atoms with Gasteiger partial charge >= 0.3 is 5.97 Å². The van der Waals surface area contributed by atoms with E-state index in [9.17, 15) is 13.2 Å². The van der Waals surface area contributed by atoms with Crippen LogP contribution >= 0.6 is 11.3 Å². The Morgan fingerprint density at radius 1 is 1.33 bits per heavy atom. The van der Waals surface area contributed by atoms with Gasteiger partial charge in [0.05, 0.1) is 6.04 Å². The summed E-state index contributed by atoms with van der Waals surface area (Å²) in [5, 5.41) is 10.2. The third-order valence-corrected chi connectivity index (χ3v) is 5.12. The van der Waals surface area contributed by atoms with Crippen molar-refractivity contribution >= 4 is 27.3 Å². The number of hydrogen-bond acceptors (Lipinski definition) is 5. The fourth-order valence-corrected chi connectivity index (χ4v) is 4.12. The molecule has 6 nitrogen and oxygen atoms in total. The van der Waals surface area contributed by atoms with E-state index in [2.05, 4.69) is 4.72 Å². The number of hydrogen-bond donors (Lipinski definition) is 2. The lowest BCUT2D eigenvalue weighted by molar-refractivity contribution is 0.0656. The molecule has 0 aliphatic carbocycles. The zero-order valence-electron chi connectivity index (χ0n) is 11.4. The van der Waals surface area contributed by atoms with Crippen molar-refractivity contribution in [1.29, 1.82) is 0 Å². The number of sulfonamides is 1. The van der Waals surface area contributed by atoms with Crippen LogP contribution in [0.4, 0.5) is 0 Å². The van der Waals surface area contributed by atoms with E-state index in [4.69, 9.17) is 9.52 Å². The standard InChI is InChI=1S/C13H15NO5S2/c1-8(2)12(10-4-3-7-20-10)14-21(17,18)11-6-5-9(19-11)13(15)16/h3-8,12,14H,1-2H3,(H,15,16). The Bertz CT molecular complexity index is 716. The third kappa shape index (κ3) is 3.52. The van der Waals surface area contributed by atoms with E-state index in [1.807, 2.05) is 31.4 Å². The molecule has 2 rings (SSSR count). The topological polar surface area (TPSA) is 96.6 Å². The maximum atomic E-state index is 12.3. The Hall–Kier alpha value is -1.64. The van der Waals surface area contributed by atoms with Crippen molar-refractivity contribution in [2.45, 2.75) is 25.0 Å². The first-order valence-corrected chi connectivity index (χ1v) is 8.56. The summed E-state index contributed by atoms with van der Waals surface area (Å²) in [5.41, 5.74) is 0. The van der Waals surface area contributed by atoms with E-state index >= 15 is 0 Å². The predicted molar refractivity (Wildman–Crippen MR) is 77.9 cm³/mol. The van der Waals surface area contributed by atoms with E-state index in [1.165, 1.54) is 11.3 Å². The molecular weight excluding hydrogens is 314 g/mol. The maximum absolute atomic E-state index is 12.3. The van der Waals surface area contributed by atoms with Gasteiger partial charge in [0.2, 0.25) is 10.9 Å². The Morgan fingerprint density at radius 2 is 2.05 bits per heavy atom. The van der Waals surface area contributed by atoms with Crippen LogP contribution in [-0.2, 0) is 10.0 Å². The molecule has 2 aromatic rings. The van der Waals surface area contributed by atoms with Crippen molar-refractivity contribution in [3.63, 3.8) is 0 Å². The molecule has 0 spiro atoms. The first kappa shape index (κ1) is 15.7. The van der Waals surface area contributed by atoms with Gasteiger partial charge in [-0.2, -0.15) is 4.72 Å². The van der Waals surface area contributed by atoms with Crippen LogP contribution in [0.25, 0.3) is 0 Å². The molecule has 0 aromatic carbocycles. The zero-order chi connectivity index (χ0) is 15.6.